The first kappa shape index (κ1) is 37.2. The van der Waals surface area contributed by atoms with Crippen LogP contribution in [0.5, 0.6) is 0 Å². The van der Waals surface area contributed by atoms with E-state index in [-0.39, 0.29) is 16.3 Å². The van der Waals surface area contributed by atoms with Crippen LogP contribution in [0.15, 0.2) is 101 Å². The Morgan fingerprint density at radius 1 is 0.727 bits per heavy atom. The minimum atomic E-state index is -4.67. The second kappa shape index (κ2) is 17.5. The molecule has 0 fully saturated rings. The smallest absolute Gasteiger partial charge is 0.299 e. The highest BCUT2D eigenvalue weighted by Gasteiger charge is 2.23. The monoisotopic (exact) mass is 667 g/mol. The molecule has 0 aromatic heterocycles. The second-order valence-corrected chi connectivity index (χ2v) is 14.7. The summed E-state index contributed by atoms with van der Waals surface area (Å²) in [6, 6.07) is 23.7. The van der Waals surface area contributed by atoms with Gasteiger partial charge in [-0.2, -0.15) is 12.7 Å². The van der Waals surface area contributed by atoms with Gasteiger partial charge in [-0.05, 0) is 69.6 Å². The van der Waals surface area contributed by atoms with Gasteiger partial charge in [-0.3, -0.25) is 14.0 Å². The lowest BCUT2D eigenvalue weighted by Crippen LogP contribution is -2.35. The van der Waals surface area contributed by atoms with Crippen LogP contribution in [0.3, 0.4) is 0 Å². The quantitative estimate of drug-likeness (QED) is 0.116. The zero-order chi connectivity index (χ0) is 32.8. The van der Waals surface area contributed by atoms with Crippen LogP contribution in [0, 0.1) is 13.8 Å². The number of sulfonamides is 2. The molecule has 0 heterocycles. The molecule has 3 rings (SSSR count). The number of aryl methyl sites for hydroxylation is 2. The molecule has 242 valence electrons. The van der Waals surface area contributed by atoms with Crippen molar-refractivity contribution in [1.82, 2.24) is 13.9 Å². The van der Waals surface area contributed by atoms with E-state index in [1.807, 2.05) is 32.0 Å². The zero-order valence-electron chi connectivity index (χ0n) is 24.9. The van der Waals surface area contributed by atoms with Crippen molar-refractivity contribution >= 4 is 30.4 Å². The maximum Gasteiger partial charge on any atom is 0.394 e. The molecule has 44 heavy (non-hydrogen) atoms. The standard InChI is InChI=1S/C30H39N3O4S2.H2O4S/c1-4-21-33(39(36,37)30-18-14-27(3)15-19-30)24-9-23-32(25-28-10-6-5-7-11-28)22-8-20-31-38(34,35)29-16-12-26(2)13-17-29;1-5(2,3)4/h4-7,10-19,31H,1,8-9,20-25H2,2-3H3;(H2,1,2,3,4). The first-order valence-corrected chi connectivity index (χ1v) is 18.1. The summed E-state index contributed by atoms with van der Waals surface area (Å²) in [5.74, 6) is 0. The lowest BCUT2D eigenvalue weighted by molar-refractivity contribution is 0.251. The SMILES string of the molecule is C=CCN(CCCN(CCCNS(=O)(=O)c1ccc(C)cc1)Cc1ccccc1)S(=O)(=O)c1ccc(C)cc1.O=S(=O)(O)O. The van der Waals surface area contributed by atoms with Crippen LogP contribution in [0.1, 0.15) is 29.5 Å². The average molecular weight is 668 g/mol. The van der Waals surface area contributed by atoms with E-state index in [0.717, 1.165) is 16.7 Å². The first-order valence-electron chi connectivity index (χ1n) is 13.8. The summed E-state index contributed by atoms with van der Waals surface area (Å²) in [5, 5.41) is 0. The molecule has 3 N–H and O–H groups in total. The summed E-state index contributed by atoms with van der Waals surface area (Å²) in [4.78, 5) is 2.77. The molecule has 0 aliphatic rings. The molecule has 14 heteroatoms. The minimum Gasteiger partial charge on any atom is -0.299 e. The summed E-state index contributed by atoms with van der Waals surface area (Å²) in [7, 11) is -11.9. The van der Waals surface area contributed by atoms with Crippen LogP contribution < -0.4 is 4.72 Å². The van der Waals surface area contributed by atoms with Crippen LogP contribution >= 0.6 is 0 Å². The maximum atomic E-state index is 13.2. The van der Waals surface area contributed by atoms with Crippen LogP contribution in [0.4, 0.5) is 0 Å². The minimum absolute atomic E-state index is 0.232. The predicted octanol–water partition coefficient (Wildman–Crippen LogP) is 4.09. The highest BCUT2D eigenvalue weighted by molar-refractivity contribution is 7.89. The van der Waals surface area contributed by atoms with E-state index >= 15 is 0 Å². The van der Waals surface area contributed by atoms with E-state index in [4.69, 9.17) is 17.5 Å². The van der Waals surface area contributed by atoms with Crippen molar-refractivity contribution in [2.24, 2.45) is 0 Å². The normalized spacial score (nSPS) is 12.1. The molecular weight excluding hydrogens is 627 g/mol. The van der Waals surface area contributed by atoms with Crippen molar-refractivity contribution in [3.8, 4) is 0 Å². The van der Waals surface area contributed by atoms with Gasteiger partial charge in [0.05, 0.1) is 9.79 Å². The lowest BCUT2D eigenvalue weighted by atomic mass is 10.2. The molecule has 0 aliphatic carbocycles. The van der Waals surface area contributed by atoms with Gasteiger partial charge in [-0.25, -0.2) is 21.6 Å². The van der Waals surface area contributed by atoms with E-state index in [9.17, 15) is 16.8 Å². The van der Waals surface area contributed by atoms with Crippen LogP contribution in [0.25, 0.3) is 0 Å². The van der Waals surface area contributed by atoms with E-state index in [0.29, 0.717) is 45.6 Å². The van der Waals surface area contributed by atoms with Gasteiger partial charge in [0, 0.05) is 26.2 Å². The van der Waals surface area contributed by atoms with Gasteiger partial charge in [0.25, 0.3) is 0 Å². The molecule has 0 spiro atoms. The number of hydrogen-bond acceptors (Lipinski definition) is 7. The molecule has 3 aromatic rings. The van der Waals surface area contributed by atoms with E-state index in [1.165, 1.54) is 4.31 Å². The largest absolute Gasteiger partial charge is 0.394 e. The third-order valence-corrected chi connectivity index (χ3v) is 9.75. The molecule has 0 saturated heterocycles. The summed E-state index contributed by atoms with van der Waals surface area (Å²) >= 11 is 0. The Morgan fingerprint density at radius 3 is 1.75 bits per heavy atom. The van der Waals surface area contributed by atoms with Crippen molar-refractivity contribution in [2.45, 2.75) is 43.0 Å². The van der Waals surface area contributed by atoms with E-state index < -0.39 is 30.4 Å². The number of rotatable bonds is 16. The Labute approximate surface area is 261 Å². The fourth-order valence-corrected chi connectivity index (χ4v) is 6.73. The second-order valence-electron chi connectivity index (χ2n) is 10.1. The summed E-state index contributed by atoms with van der Waals surface area (Å²) in [6.07, 6.45) is 2.85. The maximum absolute atomic E-state index is 13.2. The van der Waals surface area contributed by atoms with Gasteiger partial charge >= 0.3 is 10.4 Å². The predicted molar refractivity (Wildman–Crippen MR) is 172 cm³/mol. The Kier molecular flexibility index (Phi) is 14.8. The van der Waals surface area contributed by atoms with E-state index in [1.54, 1.807) is 54.6 Å². The summed E-state index contributed by atoms with van der Waals surface area (Å²) < 4.78 is 87.5. The van der Waals surface area contributed by atoms with Crippen LogP contribution in [-0.4, -0.2) is 76.3 Å². The molecule has 0 aliphatic heterocycles. The molecular formula is C30H41N3O8S3. The third-order valence-electron chi connectivity index (χ3n) is 6.40. The summed E-state index contributed by atoms with van der Waals surface area (Å²) in [5.41, 5.74) is 3.15. The molecule has 11 nitrogen and oxygen atoms in total. The summed E-state index contributed by atoms with van der Waals surface area (Å²) in [6.45, 7) is 10.5. The molecule has 0 atom stereocenters. The highest BCUT2D eigenvalue weighted by Crippen LogP contribution is 2.17. The third kappa shape index (κ3) is 13.8. The Hall–Kier alpha value is -2.95. The Morgan fingerprint density at radius 2 is 1.23 bits per heavy atom. The number of hydrogen-bond donors (Lipinski definition) is 3. The van der Waals surface area contributed by atoms with Gasteiger partial charge in [-0.1, -0.05) is 71.8 Å². The van der Waals surface area contributed by atoms with Crippen molar-refractivity contribution in [1.29, 1.82) is 0 Å². The van der Waals surface area contributed by atoms with Crippen molar-refractivity contribution < 1.29 is 34.4 Å². The van der Waals surface area contributed by atoms with Crippen molar-refractivity contribution in [3.63, 3.8) is 0 Å². The molecule has 0 radical (unpaired) electrons. The molecule has 3 aromatic carbocycles. The zero-order valence-corrected chi connectivity index (χ0v) is 27.4. The van der Waals surface area contributed by atoms with Gasteiger partial charge in [0.2, 0.25) is 20.0 Å². The van der Waals surface area contributed by atoms with Crippen LogP contribution in [0.2, 0.25) is 0 Å². The molecule has 0 unspecified atom stereocenters. The van der Waals surface area contributed by atoms with Gasteiger partial charge < -0.3 is 0 Å². The van der Waals surface area contributed by atoms with Crippen molar-refractivity contribution in [2.75, 3.05) is 32.7 Å². The number of nitrogens with zero attached hydrogens (tertiary/aromatic N) is 2. The lowest BCUT2D eigenvalue weighted by Gasteiger charge is -2.25. The Balaban J connectivity index is 0.00000125. The number of nitrogens with one attached hydrogen (secondary N) is 1. The fourth-order valence-electron chi connectivity index (χ4n) is 4.21. The highest BCUT2D eigenvalue weighted by atomic mass is 32.3. The number of benzene rings is 3. The average Bonchev–Trinajstić information content (AvgIpc) is 2.95. The topological polar surface area (TPSA) is 161 Å². The van der Waals surface area contributed by atoms with Gasteiger partial charge in [0.15, 0.2) is 0 Å². The Bertz CT molecular complexity index is 1620. The molecule has 0 bridgehead atoms. The van der Waals surface area contributed by atoms with Gasteiger partial charge in [-0.15, -0.1) is 6.58 Å². The molecule has 0 saturated carbocycles. The van der Waals surface area contributed by atoms with Crippen molar-refractivity contribution in [3.05, 3.63) is 108 Å². The van der Waals surface area contributed by atoms with Crippen LogP contribution in [-0.2, 0) is 37.0 Å². The molecule has 0 amide bonds. The first-order chi connectivity index (χ1) is 20.6. The van der Waals surface area contributed by atoms with Gasteiger partial charge in [0.1, 0.15) is 0 Å². The van der Waals surface area contributed by atoms with E-state index in [2.05, 4.69) is 28.3 Å². The fraction of sp³-hybridized carbons (Fsp3) is 0.333.